The third kappa shape index (κ3) is 3.51. The van der Waals surface area contributed by atoms with Gasteiger partial charge in [0, 0.05) is 5.69 Å². The minimum absolute atomic E-state index is 0.373. The molecule has 4 heteroatoms. The van der Waals surface area contributed by atoms with Gasteiger partial charge in [-0.3, -0.25) is 0 Å². The Bertz CT molecular complexity index is 640. The zero-order chi connectivity index (χ0) is 14.5. The minimum atomic E-state index is 0.373. The fourth-order valence-electron chi connectivity index (χ4n) is 2.53. The smallest absolute Gasteiger partial charge is 0.142 e. The van der Waals surface area contributed by atoms with E-state index >= 15 is 0 Å². The van der Waals surface area contributed by atoms with Crippen molar-refractivity contribution >= 4 is 11.5 Å². The largest absolute Gasteiger partial charge is 0.490 e. The highest BCUT2D eigenvalue weighted by Crippen LogP contribution is 2.25. The lowest BCUT2D eigenvalue weighted by Gasteiger charge is -2.13. The van der Waals surface area contributed by atoms with Crippen LogP contribution in [0.1, 0.15) is 31.4 Å². The average Bonchev–Trinajstić information content (AvgIpc) is 3.02. The standard InChI is InChI=1S/C17H17N3O/c18-12-14-4-3-7-17(20-14)19-13-8-10-16(11-9-13)21-15-5-1-2-6-15/h3-4,7-11,15H,1-2,5-6H2,(H,19,20). The van der Waals surface area contributed by atoms with E-state index in [0.29, 0.717) is 17.6 Å². The van der Waals surface area contributed by atoms with Crippen molar-refractivity contribution in [3.05, 3.63) is 48.2 Å². The highest BCUT2D eigenvalue weighted by Gasteiger charge is 2.16. The molecule has 3 rings (SSSR count). The number of aromatic nitrogens is 1. The highest BCUT2D eigenvalue weighted by atomic mass is 16.5. The topological polar surface area (TPSA) is 57.9 Å². The number of benzene rings is 1. The maximum atomic E-state index is 8.84. The van der Waals surface area contributed by atoms with Crippen LogP contribution in [-0.2, 0) is 0 Å². The highest BCUT2D eigenvalue weighted by molar-refractivity contribution is 5.57. The van der Waals surface area contributed by atoms with E-state index in [4.69, 9.17) is 10.00 Å². The van der Waals surface area contributed by atoms with Crippen LogP contribution in [0.5, 0.6) is 5.75 Å². The maximum absolute atomic E-state index is 8.84. The summed E-state index contributed by atoms with van der Waals surface area (Å²) >= 11 is 0. The van der Waals surface area contributed by atoms with Crippen LogP contribution >= 0.6 is 0 Å². The number of pyridine rings is 1. The van der Waals surface area contributed by atoms with E-state index < -0.39 is 0 Å². The first-order valence-corrected chi connectivity index (χ1v) is 7.24. The molecule has 1 saturated carbocycles. The summed E-state index contributed by atoms with van der Waals surface area (Å²) in [4.78, 5) is 4.19. The SMILES string of the molecule is N#Cc1cccc(Nc2ccc(OC3CCCC3)cc2)n1. The summed E-state index contributed by atoms with van der Waals surface area (Å²) in [5.74, 6) is 1.57. The van der Waals surface area contributed by atoms with Crippen LogP contribution in [0.2, 0.25) is 0 Å². The van der Waals surface area contributed by atoms with E-state index in [1.165, 1.54) is 12.8 Å². The third-order valence-electron chi connectivity index (χ3n) is 3.60. The first-order valence-electron chi connectivity index (χ1n) is 7.24. The predicted octanol–water partition coefficient (Wildman–Crippen LogP) is 4.02. The van der Waals surface area contributed by atoms with Gasteiger partial charge in [0.1, 0.15) is 23.3 Å². The average molecular weight is 279 g/mol. The Morgan fingerprint density at radius 2 is 1.86 bits per heavy atom. The lowest BCUT2D eigenvalue weighted by atomic mass is 10.2. The molecule has 0 atom stereocenters. The van der Waals surface area contributed by atoms with Gasteiger partial charge < -0.3 is 10.1 Å². The molecule has 0 saturated heterocycles. The second-order valence-electron chi connectivity index (χ2n) is 5.19. The van der Waals surface area contributed by atoms with Crippen LogP contribution in [0.4, 0.5) is 11.5 Å². The van der Waals surface area contributed by atoms with Gasteiger partial charge in [-0.25, -0.2) is 4.98 Å². The van der Waals surface area contributed by atoms with E-state index in [2.05, 4.69) is 10.3 Å². The van der Waals surface area contributed by atoms with Gasteiger partial charge in [-0.15, -0.1) is 0 Å². The summed E-state index contributed by atoms with van der Waals surface area (Å²) in [6.07, 6.45) is 5.23. The van der Waals surface area contributed by atoms with Crippen molar-refractivity contribution in [2.75, 3.05) is 5.32 Å². The molecule has 1 fully saturated rings. The fraction of sp³-hybridized carbons (Fsp3) is 0.294. The number of nitrogens with zero attached hydrogens (tertiary/aromatic N) is 2. The molecule has 0 aliphatic heterocycles. The zero-order valence-electron chi connectivity index (χ0n) is 11.7. The van der Waals surface area contributed by atoms with E-state index in [1.54, 1.807) is 6.07 Å². The van der Waals surface area contributed by atoms with Crippen molar-refractivity contribution < 1.29 is 4.74 Å². The summed E-state index contributed by atoms with van der Waals surface area (Å²) in [5.41, 5.74) is 1.33. The lowest BCUT2D eigenvalue weighted by molar-refractivity contribution is 0.210. The molecule has 0 unspecified atom stereocenters. The Hall–Kier alpha value is -2.54. The third-order valence-corrected chi connectivity index (χ3v) is 3.60. The van der Waals surface area contributed by atoms with Crippen LogP contribution in [0.15, 0.2) is 42.5 Å². The van der Waals surface area contributed by atoms with Gasteiger partial charge in [0.25, 0.3) is 0 Å². The Morgan fingerprint density at radius 3 is 2.57 bits per heavy atom. The predicted molar refractivity (Wildman–Crippen MR) is 81.6 cm³/mol. The quantitative estimate of drug-likeness (QED) is 0.918. The number of nitriles is 1. The van der Waals surface area contributed by atoms with Crippen LogP contribution in [0.3, 0.4) is 0 Å². The van der Waals surface area contributed by atoms with Crippen molar-refractivity contribution in [1.29, 1.82) is 5.26 Å². The van der Waals surface area contributed by atoms with E-state index in [1.807, 2.05) is 42.5 Å². The second-order valence-corrected chi connectivity index (χ2v) is 5.19. The number of hydrogen-bond donors (Lipinski definition) is 1. The van der Waals surface area contributed by atoms with Crippen LogP contribution in [0.25, 0.3) is 0 Å². The number of anilines is 2. The molecule has 1 aromatic heterocycles. The molecule has 21 heavy (non-hydrogen) atoms. The van der Waals surface area contributed by atoms with Crippen molar-refractivity contribution in [3.63, 3.8) is 0 Å². The maximum Gasteiger partial charge on any atom is 0.142 e. The van der Waals surface area contributed by atoms with Gasteiger partial charge in [-0.05, 0) is 62.1 Å². The molecule has 106 valence electrons. The zero-order valence-corrected chi connectivity index (χ0v) is 11.7. The molecule has 1 aliphatic carbocycles. The molecule has 4 nitrogen and oxygen atoms in total. The molecular weight excluding hydrogens is 262 g/mol. The first-order chi connectivity index (χ1) is 10.3. The summed E-state index contributed by atoms with van der Waals surface area (Å²) in [6, 6.07) is 15.2. The minimum Gasteiger partial charge on any atom is -0.490 e. The number of rotatable bonds is 4. The van der Waals surface area contributed by atoms with Crippen molar-refractivity contribution in [3.8, 4) is 11.8 Å². The Balaban J connectivity index is 1.65. The Morgan fingerprint density at radius 1 is 1.10 bits per heavy atom. The molecule has 1 N–H and O–H groups in total. The lowest BCUT2D eigenvalue weighted by Crippen LogP contribution is -2.10. The van der Waals surface area contributed by atoms with Crippen molar-refractivity contribution in [2.24, 2.45) is 0 Å². The summed E-state index contributed by atoms with van der Waals surface area (Å²) in [7, 11) is 0. The van der Waals surface area contributed by atoms with Gasteiger partial charge in [0.05, 0.1) is 6.10 Å². The first kappa shape index (κ1) is 13.4. The van der Waals surface area contributed by atoms with Gasteiger partial charge in [0.15, 0.2) is 0 Å². The van der Waals surface area contributed by atoms with E-state index in [-0.39, 0.29) is 0 Å². The van der Waals surface area contributed by atoms with Gasteiger partial charge in [-0.2, -0.15) is 5.26 Å². The number of nitrogens with one attached hydrogen (secondary N) is 1. The second kappa shape index (κ2) is 6.27. The number of ether oxygens (including phenoxy) is 1. The molecule has 0 bridgehead atoms. The normalized spacial score (nSPS) is 14.6. The van der Waals surface area contributed by atoms with Crippen LogP contribution in [0, 0.1) is 11.3 Å². The van der Waals surface area contributed by atoms with E-state index in [9.17, 15) is 0 Å². The Labute approximate surface area is 124 Å². The molecule has 1 aliphatic rings. The van der Waals surface area contributed by atoms with Crippen LogP contribution in [-0.4, -0.2) is 11.1 Å². The summed E-state index contributed by atoms with van der Waals surface area (Å²) in [5, 5.41) is 12.0. The van der Waals surface area contributed by atoms with Crippen molar-refractivity contribution in [2.45, 2.75) is 31.8 Å². The molecule has 0 radical (unpaired) electrons. The summed E-state index contributed by atoms with van der Waals surface area (Å²) < 4.78 is 5.93. The molecular formula is C17H17N3O. The molecule has 0 spiro atoms. The number of hydrogen-bond acceptors (Lipinski definition) is 4. The van der Waals surface area contributed by atoms with Gasteiger partial charge in [0.2, 0.25) is 0 Å². The Kier molecular flexibility index (Phi) is 4.02. The molecule has 1 heterocycles. The monoisotopic (exact) mass is 279 g/mol. The molecule has 0 amide bonds. The van der Waals surface area contributed by atoms with Crippen molar-refractivity contribution in [1.82, 2.24) is 4.98 Å². The van der Waals surface area contributed by atoms with Gasteiger partial charge >= 0.3 is 0 Å². The molecule has 2 aromatic rings. The summed E-state index contributed by atoms with van der Waals surface area (Å²) in [6.45, 7) is 0. The van der Waals surface area contributed by atoms with Crippen LogP contribution < -0.4 is 10.1 Å². The fourth-order valence-corrected chi connectivity index (χ4v) is 2.53. The van der Waals surface area contributed by atoms with E-state index in [0.717, 1.165) is 24.3 Å². The molecule has 1 aromatic carbocycles. The van der Waals surface area contributed by atoms with Gasteiger partial charge in [-0.1, -0.05) is 6.07 Å².